The summed E-state index contributed by atoms with van der Waals surface area (Å²) < 4.78 is 41.0. The number of aliphatic hydroxyl groups is 1. The number of rotatable bonds is 14. The van der Waals surface area contributed by atoms with E-state index >= 15 is 0 Å². The molecule has 0 saturated carbocycles. The number of carbonyl (C=O) groups excluding carboxylic acids is 5. The normalized spacial score (nSPS) is 19.0. The van der Waals surface area contributed by atoms with Crippen LogP contribution < -0.4 is 0 Å². The summed E-state index contributed by atoms with van der Waals surface area (Å²) in [5, 5.41) is 9.66. The van der Waals surface area contributed by atoms with Crippen LogP contribution in [0.4, 0.5) is 13.2 Å². The summed E-state index contributed by atoms with van der Waals surface area (Å²) in [7, 11) is 3.24. The summed E-state index contributed by atoms with van der Waals surface area (Å²) >= 11 is 0. The number of hydrogen-bond acceptors (Lipinski definition) is 8. The van der Waals surface area contributed by atoms with Gasteiger partial charge in [0, 0.05) is 105 Å². The maximum absolute atomic E-state index is 13.9. The van der Waals surface area contributed by atoms with Gasteiger partial charge in [-0.2, -0.15) is 13.2 Å². The molecule has 0 bridgehead atoms. The molecule has 6 aromatic rings. The number of Topliss-reactive ketones (excluding diaryl/α,β-unsaturated/α-hetero) is 4. The van der Waals surface area contributed by atoms with Crippen molar-refractivity contribution in [3.05, 3.63) is 214 Å². The van der Waals surface area contributed by atoms with E-state index in [1.165, 1.54) is 11.0 Å². The summed E-state index contributed by atoms with van der Waals surface area (Å²) in [5.41, 5.74) is 4.89. The summed E-state index contributed by atoms with van der Waals surface area (Å²) in [4.78, 5) is 73.3. The molecule has 1 N–H and O–H groups in total. The second-order valence-corrected chi connectivity index (χ2v) is 18.8. The number of piperidine rings is 2. The minimum atomic E-state index is -4.58. The number of amides is 1. The molecule has 0 aromatic heterocycles. The molecule has 12 heteroatoms. The fourth-order valence-corrected chi connectivity index (χ4v) is 10.5. The largest absolute Gasteiger partial charge is 0.416 e. The maximum Gasteiger partial charge on any atom is 0.416 e. The lowest BCUT2D eigenvalue weighted by atomic mass is 9.67. The molecular weight excluding hydrogens is 904 g/mol. The lowest BCUT2D eigenvalue weighted by Gasteiger charge is -2.44. The third kappa shape index (κ3) is 12.4. The van der Waals surface area contributed by atoms with Gasteiger partial charge >= 0.3 is 6.18 Å². The Kier molecular flexibility index (Phi) is 17.1. The first-order chi connectivity index (χ1) is 34.1. The molecule has 0 unspecified atom stereocenters. The van der Waals surface area contributed by atoms with Crippen LogP contribution in [0.15, 0.2) is 164 Å². The number of hydrogen-bond donors (Lipinski definition) is 1. The van der Waals surface area contributed by atoms with Crippen LogP contribution in [0.1, 0.15) is 81.1 Å². The Morgan fingerprint density at radius 2 is 0.887 bits per heavy atom. The van der Waals surface area contributed by atoms with E-state index in [9.17, 15) is 42.3 Å². The molecule has 2 aliphatic heterocycles. The number of aliphatic hydroxyl groups excluding tert-OH is 1. The Morgan fingerprint density at radius 1 is 0.521 bits per heavy atom. The van der Waals surface area contributed by atoms with E-state index in [-0.39, 0.29) is 78.6 Å². The molecule has 2 fully saturated rings. The molecule has 71 heavy (non-hydrogen) atoms. The van der Waals surface area contributed by atoms with Crippen LogP contribution in [0.25, 0.3) is 0 Å². The molecule has 2 heterocycles. The predicted octanol–water partition coefficient (Wildman–Crippen LogP) is 9.88. The first kappa shape index (κ1) is 52.0. The third-order valence-corrected chi connectivity index (χ3v) is 13.9. The van der Waals surface area contributed by atoms with Gasteiger partial charge < -0.3 is 10.0 Å². The van der Waals surface area contributed by atoms with E-state index in [0.29, 0.717) is 41.9 Å². The average Bonchev–Trinajstić information content (AvgIpc) is 3.38. The zero-order valence-corrected chi connectivity index (χ0v) is 40.5. The molecule has 8 rings (SSSR count). The third-order valence-electron chi connectivity index (χ3n) is 13.9. The first-order valence-corrected chi connectivity index (χ1v) is 23.9. The van der Waals surface area contributed by atoms with Gasteiger partial charge in [0.2, 0.25) is 5.91 Å². The van der Waals surface area contributed by atoms with Crippen molar-refractivity contribution in [2.75, 3.05) is 60.0 Å². The molecular formula is C59H60F3N3O6. The highest BCUT2D eigenvalue weighted by Gasteiger charge is 2.47. The van der Waals surface area contributed by atoms with Gasteiger partial charge in [0.15, 0.2) is 23.1 Å². The van der Waals surface area contributed by atoms with Crippen LogP contribution in [-0.4, -0.2) is 109 Å². The van der Waals surface area contributed by atoms with E-state index in [1.807, 2.05) is 66.7 Å². The minimum absolute atomic E-state index is 0.00739. The number of likely N-dealkylation sites (tertiary alicyclic amines) is 2. The Bertz CT molecular complexity index is 2640. The van der Waals surface area contributed by atoms with Gasteiger partial charge in [-0.25, -0.2) is 0 Å². The van der Waals surface area contributed by atoms with Crippen molar-refractivity contribution in [3.8, 4) is 0 Å². The Hall–Kier alpha value is -6.86. The number of carbonyl (C=O) groups is 5. The summed E-state index contributed by atoms with van der Waals surface area (Å²) in [5.74, 6) is -4.15. The first-order valence-electron chi connectivity index (χ1n) is 23.9. The fourth-order valence-electron chi connectivity index (χ4n) is 10.5. The lowest BCUT2D eigenvalue weighted by molar-refractivity contribution is -0.137. The number of ketones is 4. The molecule has 2 saturated heterocycles. The zero-order valence-electron chi connectivity index (χ0n) is 40.5. The van der Waals surface area contributed by atoms with E-state index in [4.69, 9.17) is 0 Å². The van der Waals surface area contributed by atoms with E-state index < -0.39 is 29.5 Å². The molecule has 6 aromatic carbocycles. The van der Waals surface area contributed by atoms with Crippen LogP contribution >= 0.6 is 0 Å². The fraction of sp³-hybridized carbons (Fsp3) is 0.305. The molecule has 0 aliphatic carbocycles. The SMILES string of the molecule is CN(C)C(=O)CN1C[C@H](C(=O)c2ccccc2)C(c2cccc(C(F)(F)F)c2)[C@@H](C(=O)c2ccccc2)C1.Cc1cccc(C)c1C1[C@@H](C(=O)c2ccccc2)CN(CCO)C[C@@H]1C(=O)c1ccccc1. The molecule has 368 valence electrons. The van der Waals surface area contributed by atoms with Crippen molar-refractivity contribution in [3.63, 3.8) is 0 Å². The molecule has 4 atom stereocenters. The highest BCUT2D eigenvalue weighted by atomic mass is 19.4. The second-order valence-electron chi connectivity index (χ2n) is 18.8. The van der Waals surface area contributed by atoms with E-state index in [1.54, 1.807) is 85.7 Å². The number of nitrogens with zero attached hydrogens (tertiary/aromatic N) is 3. The molecule has 0 radical (unpaired) electrons. The van der Waals surface area contributed by atoms with Gasteiger partial charge in [0.05, 0.1) is 18.7 Å². The average molecular weight is 964 g/mol. The van der Waals surface area contributed by atoms with Crippen molar-refractivity contribution < 1.29 is 42.3 Å². The van der Waals surface area contributed by atoms with Crippen LogP contribution in [0.3, 0.4) is 0 Å². The lowest BCUT2D eigenvalue weighted by Crippen LogP contribution is -2.52. The van der Waals surface area contributed by atoms with Gasteiger partial charge in [-0.1, -0.05) is 158 Å². The van der Waals surface area contributed by atoms with Crippen LogP contribution in [0.2, 0.25) is 0 Å². The number of β-amino-alcohol motifs (C(OH)–C–C–N with tert-alkyl or cyclic N) is 1. The van der Waals surface area contributed by atoms with Crippen molar-refractivity contribution in [2.24, 2.45) is 23.7 Å². The zero-order chi connectivity index (χ0) is 50.8. The van der Waals surface area contributed by atoms with Gasteiger partial charge in [0.1, 0.15) is 0 Å². The molecule has 9 nitrogen and oxygen atoms in total. The number of likely N-dealkylation sites (N-methyl/N-ethyl adjacent to an activating group) is 1. The quantitative estimate of drug-likeness (QED) is 0.107. The molecule has 2 aliphatic rings. The summed E-state index contributed by atoms with van der Waals surface area (Å²) in [6, 6.07) is 46.8. The van der Waals surface area contributed by atoms with Gasteiger partial charge in [-0.3, -0.25) is 33.8 Å². The summed E-state index contributed by atoms with van der Waals surface area (Å²) in [6.45, 7) is 5.85. The Morgan fingerprint density at radius 3 is 1.25 bits per heavy atom. The van der Waals surface area contributed by atoms with E-state index in [2.05, 4.69) is 30.9 Å². The van der Waals surface area contributed by atoms with Crippen LogP contribution in [-0.2, 0) is 11.0 Å². The number of alkyl halides is 3. The van der Waals surface area contributed by atoms with Crippen molar-refractivity contribution in [1.29, 1.82) is 0 Å². The second kappa shape index (κ2) is 23.4. The Labute approximate surface area is 413 Å². The highest BCUT2D eigenvalue weighted by Crippen LogP contribution is 2.45. The predicted molar refractivity (Wildman–Crippen MR) is 269 cm³/mol. The van der Waals surface area contributed by atoms with Crippen molar-refractivity contribution in [2.45, 2.75) is 31.9 Å². The van der Waals surface area contributed by atoms with Gasteiger partial charge in [-0.05, 0) is 42.2 Å². The number of benzene rings is 6. The minimum Gasteiger partial charge on any atom is -0.395 e. The van der Waals surface area contributed by atoms with Crippen LogP contribution in [0.5, 0.6) is 0 Å². The van der Waals surface area contributed by atoms with Gasteiger partial charge in [-0.15, -0.1) is 0 Å². The molecule has 1 amide bonds. The highest BCUT2D eigenvalue weighted by molar-refractivity contribution is 6.03. The van der Waals surface area contributed by atoms with Crippen molar-refractivity contribution >= 4 is 29.0 Å². The smallest absolute Gasteiger partial charge is 0.395 e. The molecule has 0 spiro atoms. The van der Waals surface area contributed by atoms with Crippen LogP contribution in [0, 0.1) is 37.5 Å². The van der Waals surface area contributed by atoms with Crippen molar-refractivity contribution in [1.82, 2.24) is 14.7 Å². The monoisotopic (exact) mass is 963 g/mol. The number of aryl methyl sites for hydroxylation is 2. The maximum atomic E-state index is 13.9. The van der Waals surface area contributed by atoms with Gasteiger partial charge in [0.25, 0.3) is 0 Å². The number of halogens is 3. The van der Waals surface area contributed by atoms with E-state index in [0.717, 1.165) is 28.8 Å². The standard InChI is InChI=1S/C30H29F3N2O3.C29H31NO3/c1-34(2)26(36)19-35-17-24(28(37)20-10-5-3-6-11-20)27(22-14-9-15-23(16-22)30(31,32)33)25(18-35)29(38)21-12-7-4-8-13-21;1-20-10-9-11-21(2)26(20)27-24(28(32)22-12-5-3-6-13-22)18-30(16-17-31)19-25(27)29(33)23-14-7-4-8-15-23/h3-16,24-25,27H,17-19H2,1-2H3;3-15,24-25,27,31H,16-19H2,1-2H3/t2*24-,25-/m00/s1. The summed E-state index contributed by atoms with van der Waals surface area (Å²) in [6.07, 6.45) is -4.58. The Balaban J connectivity index is 0.000000211. The topological polar surface area (TPSA) is 115 Å².